The molecule has 0 aliphatic rings. The van der Waals surface area contributed by atoms with E-state index in [-0.39, 0.29) is 0 Å². The van der Waals surface area contributed by atoms with Gasteiger partial charge in [-0.05, 0) is 31.4 Å². The average Bonchev–Trinajstić information content (AvgIpc) is 2.61. The Kier molecular flexibility index (Phi) is 4.49. The predicted octanol–water partition coefficient (Wildman–Crippen LogP) is 2.34. The van der Waals surface area contributed by atoms with E-state index in [1.165, 1.54) is 4.88 Å². The Hall–Kier alpha value is -1.36. The number of nitrogens with two attached hydrogens (primary N) is 1. The zero-order valence-corrected chi connectivity index (χ0v) is 10.6. The van der Waals surface area contributed by atoms with Gasteiger partial charge in [0.15, 0.2) is 0 Å². The fraction of sp³-hybridized carbons (Fsp3) is 0.455. The van der Waals surface area contributed by atoms with Crippen molar-refractivity contribution in [1.29, 1.82) is 0 Å². The van der Waals surface area contributed by atoms with E-state index < -0.39 is 6.03 Å². The first kappa shape index (κ1) is 12.7. The Morgan fingerprint density at radius 2 is 2.25 bits per heavy atom. The van der Waals surface area contributed by atoms with Crippen LogP contribution in [0.2, 0.25) is 0 Å². The zero-order chi connectivity index (χ0) is 12.1. The normalized spacial score (nSPS) is 11.9. The second-order valence-electron chi connectivity index (χ2n) is 4.04. The topological polar surface area (TPSA) is 67.5 Å². The Labute approximate surface area is 99.5 Å². The van der Waals surface area contributed by atoms with Crippen LogP contribution in [0.5, 0.6) is 0 Å². The molecule has 1 rings (SSSR count). The Morgan fingerprint density at radius 3 is 2.81 bits per heavy atom. The van der Waals surface area contributed by atoms with E-state index in [0.717, 1.165) is 17.0 Å². The molecule has 0 bridgehead atoms. The van der Waals surface area contributed by atoms with Crippen LogP contribution in [0.15, 0.2) is 17.2 Å². The van der Waals surface area contributed by atoms with Crippen LogP contribution < -0.4 is 11.2 Å². The van der Waals surface area contributed by atoms with Gasteiger partial charge in [-0.15, -0.1) is 11.3 Å². The predicted molar refractivity (Wildman–Crippen MR) is 67.8 cm³/mol. The van der Waals surface area contributed by atoms with Crippen LogP contribution in [0, 0.1) is 5.92 Å². The van der Waals surface area contributed by atoms with Crippen LogP contribution in [-0.2, 0) is 6.42 Å². The summed E-state index contributed by atoms with van der Waals surface area (Å²) in [5.74, 6) is 0.646. The maximum atomic E-state index is 10.5. The molecule has 0 radical (unpaired) electrons. The Morgan fingerprint density at radius 1 is 1.56 bits per heavy atom. The number of primary amides is 1. The minimum Gasteiger partial charge on any atom is -0.350 e. The first-order chi connectivity index (χ1) is 7.49. The Balaban J connectivity index is 2.69. The molecule has 0 aliphatic heterocycles. The number of nitrogens with one attached hydrogen (secondary N) is 1. The lowest BCUT2D eigenvalue weighted by atomic mass is 10.1. The van der Waals surface area contributed by atoms with E-state index in [0.29, 0.717) is 5.92 Å². The second-order valence-corrected chi connectivity index (χ2v) is 5.21. The number of urea groups is 1. The number of nitrogens with zero attached hydrogens (tertiary/aromatic N) is 1. The van der Waals surface area contributed by atoms with Gasteiger partial charge in [0.1, 0.15) is 0 Å². The third kappa shape index (κ3) is 4.02. The molecular formula is C11H17N3OS. The minimum atomic E-state index is -0.640. The monoisotopic (exact) mass is 239 g/mol. The fourth-order valence-electron chi connectivity index (χ4n) is 1.28. The third-order valence-electron chi connectivity index (χ3n) is 1.96. The van der Waals surface area contributed by atoms with Crippen molar-refractivity contribution in [1.82, 2.24) is 5.43 Å². The molecule has 1 aromatic rings. The van der Waals surface area contributed by atoms with Gasteiger partial charge in [-0.1, -0.05) is 13.8 Å². The van der Waals surface area contributed by atoms with Crippen LogP contribution in [-0.4, -0.2) is 11.7 Å². The molecule has 2 amide bonds. The number of hydrogen-bond donors (Lipinski definition) is 2. The van der Waals surface area contributed by atoms with Gasteiger partial charge in [-0.25, -0.2) is 10.2 Å². The summed E-state index contributed by atoms with van der Waals surface area (Å²) in [6, 6.07) is 3.48. The smallest absolute Gasteiger partial charge is 0.332 e. The van der Waals surface area contributed by atoms with Crippen LogP contribution in [0.3, 0.4) is 0 Å². The van der Waals surface area contributed by atoms with Crippen molar-refractivity contribution in [2.45, 2.75) is 27.2 Å². The first-order valence-corrected chi connectivity index (χ1v) is 5.99. The van der Waals surface area contributed by atoms with Crippen molar-refractivity contribution >= 4 is 23.1 Å². The van der Waals surface area contributed by atoms with E-state index in [1.807, 2.05) is 13.0 Å². The summed E-state index contributed by atoms with van der Waals surface area (Å²) >= 11 is 1.70. The summed E-state index contributed by atoms with van der Waals surface area (Å²) in [6.07, 6.45) is 1.07. The average molecular weight is 239 g/mol. The fourth-order valence-corrected chi connectivity index (χ4v) is 2.44. The van der Waals surface area contributed by atoms with Gasteiger partial charge in [0.05, 0.1) is 10.6 Å². The molecule has 0 atom stereocenters. The number of thiophene rings is 1. The molecule has 3 N–H and O–H groups in total. The molecule has 4 nitrogen and oxygen atoms in total. The van der Waals surface area contributed by atoms with Crippen LogP contribution in [0.25, 0.3) is 0 Å². The quantitative estimate of drug-likeness (QED) is 0.614. The highest BCUT2D eigenvalue weighted by Crippen LogP contribution is 2.20. The molecule has 1 aromatic heterocycles. The van der Waals surface area contributed by atoms with Gasteiger partial charge in [0.25, 0.3) is 0 Å². The van der Waals surface area contributed by atoms with Gasteiger partial charge >= 0.3 is 6.03 Å². The molecule has 0 spiro atoms. The van der Waals surface area contributed by atoms with Gasteiger partial charge < -0.3 is 5.73 Å². The highest BCUT2D eigenvalue weighted by molar-refractivity contribution is 7.14. The number of hydrogen-bond acceptors (Lipinski definition) is 3. The van der Waals surface area contributed by atoms with Crippen LogP contribution in [0.4, 0.5) is 4.79 Å². The van der Waals surface area contributed by atoms with Crippen molar-refractivity contribution in [3.8, 4) is 0 Å². The lowest BCUT2D eigenvalue weighted by Gasteiger charge is -2.00. The summed E-state index contributed by atoms with van der Waals surface area (Å²) in [7, 11) is 0. The largest absolute Gasteiger partial charge is 0.350 e. The summed E-state index contributed by atoms with van der Waals surface area (Å²) in [5, 5.41) is 3.89. The highest BCUT2D eigenvalue weighted by Gasteiger charge is 2.05. The van der Waals surface area contributed by atoms with E-state index in [4.69, 9.17) is 5.73 Å². The third-order valence-corrected chi connectivity index (χ3v) is 3.18. The van der Waals surface area contributed by atoms with Gasteiger partial charge in [0.2, 0.25) is 0 Å². The summed E-state index contributed by atoms with van der Waals surface area (Å²) in [6.45, 7) is 6.23. The van der Waals surface area contributed by atoms with Crippen molar-refractivity contribution in [2.24, 2.45) is 16.8 Å². The molecule has 0 unspecified atom stereocenters. The Bertz CT molecular complexity index is 396. The molecule has 88 valence electrons. The lowest BCUT2D eigenvalue weighted by molar-refractivity contribution is 0.249. The minimum absolute atomic E-state index is 0.640. The number of carbonyl (C=O) groups excluding carboxylic acids is 1. The summed E-state index contributed by atoms with van der Waals surface area (Å²) in [4.78, 5) is 12.9. The van der Waals surface area contributed by atoms with Gasteiger partial charge in [0, 0.05) is 4.88 Å². The van der Waals surface area contributed by atoms with Crippen molar-refractivity contribution in [3.63, 3.8) is 0 Å². The molecule has 0 aliphatic carbocycles. The van der Waals surface area contributed by atoms with E-state index in [1.54, 1.807) is 11.3 Å². The standard InChI is InChI=1S/C11H17N3OS/c1-7(2)6-9-4-5-10(16-9)8(3)13-14-11(12)15/h4-5,7H,6H2,1-3H3,(H3,12,14,15). The van der Waals surface area contributed by atoms with E-state index in [2.05, 4.69) is 30.4 Å². The second kappa shape index (κ2) is 5.65. The van der Waals surface area contributed by atoms with Gasteiger partial charge in [-0.2, -0.15) is 5.10 Å². The summed E-state index contributed by atoms with van der Waals surface area (Å²) in [5.41, 5.74) is 7.94. The molecule has 1 heterocycles. The SMILES string of the molecule is CC(=NNC(N)=O)c1ccc(CC(C)C)s1. The highest BCUT2D eigenvalue weighted by atomic mass is 32.1. The lowest BCUT2D eigenvalue weighted by Crippen LogP contribution is -2.25. The molecule has 0 aromatic carbocycles. The van der Waals surface area contributed by atoms with Crippen LogP contribution in [0.1, 0.15) is 30.5 Å². The number of rotatable bonds is 4. The molecule has 0 saturated carbocycles. The maximum absolute atomic E-state index is 10.5. The molecule has 16 heavy (non-hydrogen) atoms. The number of hydrazone groups is 1. The van der Waals surface area contributed by atoms with Crippen molar-refractivity contribution in [2.75, 3.05) is 0 Å². The van der Waals surface area contributed by atoms with Crippen molar-refractivity contribution in [3.05, 3.63) is 21.9 Å². The van der Waals surface area contributed by atoms with Crippen LogP contribution >= 0.6 is 11.3 Å². The molecule has 5 heteroatoms. The molecule has 0 fully saturated rings. The summed E-state index contributed by atoms with van der Waals surface area (Å²) < 4.78 is 0. The first-order valence-electron chi connectivity index (χ1n) is 5.18. The van der Waals surface area contributed by atoms with Crippen molar-refractivity contribution < 1.29 is 4.79 Å². The van der Waals surface area contributed by atoms with E-state index in [9.17, 15) is 4.79 Å². The van der Waals surface area contributed by atoms with Gasteiger partial charge in [-0.3, -0.25) is 0 Å². The molecular weight excluding hydrogens is 222 g/mol. The van der Waals surface area contributed by atoms with E-state index >= 15 is 0 Å². The maximum Gasteiger partial charge on any atom is 0.332 e. The molecule has 0 saturated heterocycles. The number of amides is 2. The zero-order valence-electron chi connectivity index (χ0n) is 9.78. The number of carbonyl (C=O) groups is 1.